The van der Waals surface area contributed by atoms with Crippen LogP contribution in [0, 0.1) is 28.4 Å². The van der Waals surface area contributed by atoms with Crippen molar-refractivity contribution in [3.63, 3.8) is 0 Å². The standard InChI is InChI=1S/C34H28N6O4S/c1-23-17-27(21-44-2)30(19-35)34(37-23)45-22-32(41)38-36-20-26-18-31(24-9-5-3-6-10-24)39(33(26)25-11-7-4-8-12-25)28-13-15-29(16-14-28)40(42)43/h3-18,20H,21-22H2,1-2H3,(H,38,41)/b36-20+. The van der Waals surface area contributed by atoms with Crippen LogP contribution >= 0.6 is 11.8 Å². The Morgan fingerprint density at radius 2 is 1.73 bits per heavy atom. The van der Waals surface area contributed by atoms with Gasteiger partial charge in [0.15, 0.2) is 0 Å². The highest BCUT2D eigenvalue weighted by Gasteiger charge is 2.20. The maximum Gasteiger partial charge on any atom is 0.269 e. The minimum Gasteiger partial charge on any atom is -0.380 e. The fourth-order valence-corrected chi connectivity index (χ4v) is 5.74. The third kappa shape index (κ3) is 7.15. The molecular weight excluding hydrogens is 588 g/mol. The Bertz CT molecular complexity index is 1900. The van der Waals surface area contributed by atoms with Gasteiger partial charge in [0.05, 0.1) is 40.4 Å². The molecule has 2 aromatic heterocycles. The number of nitro groups is 1. The molecule has 0 bridgehead atoms. The van der Waals surface area contributed by atoms with Crippen molar-refractivity contribution < 1.29 is 14.5 Å². The number of methoxy groups -OCH3 is 1. The van der Waals surface area contributed by atoms with Gasteiger partial charge < -0.3 is 9.30 Å². The SMILES string of the molecule is COCc1cc(C)nc(SCC(=O)N/N=C/c2cc(-c3ccccc3)n(-c3ccc([N+](=O)[O-])cc3)c2-c2ccccc2)c1C#N. The van der Waals surface area contributed by atoms with Crippen LogP contribution in [0.1, 0.15) is 22.4 Å². The number of aryl methyl sites for hydroxylation is 1. The van der Waals surface area contributed by atoms with E-state index in [1.165, 1.54) is 12.1 Å². The Hall–Kier alpha value is -5.57. The summed E-state index contributed by atoms with van der Waals surface area (Å²) in [7, 11) is 1.56. The molecule has 0 fully saturated rings. The number of hydrogen-bond donors (Lipinski definition) is 1. The van der Waals surface area contributed by atoms with Crippen LogP contribution < -0.4 is 5.43 Å². The van der Waals surface area contributed by atoms with Crippen LogP contribution in [0.4, 0.5) is 5.69 Å². The van der Waals surface area contributed by atoms with Crippen LogP contribution in [0.3, 0.4) is 0 Å². The van der Waals surface area contributed by atoms with E-state index in [-0.39, 0.29) is 24.0 Å². The monoisotopic (exact) mass is 616 g/mol. The maximum atomic E-state index is 12.8. The number of hydrazone groups is 1. The Labute approximate surface area is 264 Å². The van der Waals surface area contributed by atoms with Gasteiger partial charge >= 0.3 is 0 Å². The molecule has 0 spiro atoms. The van der Waals surface area contributed by atoms with Gasteiger partial charge in [-0.05, 0) is 47.9 Å². The van der Waals surface area contributed by atoms with Gasteiger partial charge in [0.2, 0.25) is 5.91 Å². The highest BCUT2D eigenvalue weighted by molar-refractivity contribution is 8.00. The second-order valence-corrected chi connectivity index (χ2v) is 10.9. The number of non-ortho nitro benzene ring substituents is 1. The molecule has 1 N–H and O–H groups in total. The third-order valence-electron chi connectivity index (χ3n) is 6.81. The number of pyridine rings is 1. The van der Waals surface area contributed by atoms with Gasteiger partial charge in [0.25, 0.3) is 5.69 Å². The van der Waals surface area contributed by atoms with Crippen molar-refractivity contribution in [2.24, 2.45) is 5.10 Å². The van der Waals surface area contributed by atoms with E-state index in [1.807, 2.05) is 78.2 Å². The van der Waals surface area contributed by atoms with Gasteiger partial charge in [-0.25, -0.2) is 10.4 Å². The number of carbonyl (C=O) groups is 1. The topological polar surface area (TPSA) is 135 Å². The number of nitrogens with zero attached hydrogens (tertiary/aromatic N) is 5. The summed E-state index contributed by atoms with van der Waals surface area (Å²) >= 11 is 1.16. The van der Waals surface area contributed by atoms with Crippen molar-refractivity contribution in [2.75, 3.05) is 12.9 Å². The molecule has 2 heterocycles. The summed E-state index contributed by atoms with van der Waals surface area (Å²) in [5.74, 6) is -0.365. The predicted octanol–water partition coefficient (Wildman–Crippen LogP) is 6.68. The minimum atomic E-state index is -0.427. The number of amides is 1. The highest BCUT2D eigenvalue weighted by atomic mass is 32.2. The van der Waals surface area contributed by atoms with E-state index in [0.29, 0.717) is 16.2 Å². The number of rotatable bonds is 11. The Morgan fingerprint density at radius 1 is 1.07 bits per heavy atom. The van der Waals surface area contributed by atoms with Gasteiger partial charge in [0.1, 0.15) is 11.1 Å². The number of nitrogens with one attached hydrogen (secondary N) is 1. The minimum absolute atomic E-state index is 0.000486. The molecule has 0 saturated carbocycles. The van der Waals surface area contributed by atoms with Crippen molar-refractivity contribution in [3.8, 4) is 34.3 Å². The lowest BCUT2D eigenvalue weighted by molar-refractivity contribution is -0.384. The second-order valence-electron chi connectivity index (χ2n) is 9.90. The second kappa shape index (κ2) is 14.3. The molecule has 11 heteroatoms. The first-order chi connectivity index (χ1) is 21.9. The molecule has 0 aliphatic carbocycles. The van der Waals surface area contributed by atoms with Crippen LogP contribution in [0.25, 0.3) is 28.2 Å². The molecule has 0 aliphatic heterocycles. The Balaban J connectivity index is 1.47. The fraction of sp³-hybridized carbons (Fsp3) is 0.118. The highest BCUT2D eigenvalue weighted by Crippen LogP contribution is 2.36. The lowest BCUT2D eigenvalue weighted by Gasteiger charge is -2.15. The van der Waals surface area contributed by atoms with Crippen molar-refractivity contribution in [3.05, 3.63) is 130 Å². The zero-order valence-corrected chi connectivity index (χ0v) is 25.3. The number of thioether (sulfide) groups is 1. The quantitative estimate of drug-likeness (QED) is 0.0756. The number of ether oxygens (including phenoxy) is 1. The van der Waals surface area contributed by atoms with E-state index in [2.05, 4.69) is 21.6 Å². The first-order valence-corrected chi connectivity index (χ1v) is 14.8. The zero-order valence-electron chi connectivity index (χ0n) is 24.5. The molecule has 0 radical (unpaired) electrons. The van der Waals surface area contributed by atoms with E-state index >= 15 is 0 Å². The van der Waals surface area contributed by atoms with Crippen LogP contribution in [-0.2, 0) is 16.1 Å². The van der Waals surface area contributed by atoms with Gasteiger partial charge in [0, 0.05) is 36.2 Å². The van der Waals surface area contributed by atoms with Crippen molar-refractivity contribution in [2.45, 2.75) is 18.6 Å². The molecule has 5 rings (SSSR count). The predicted molar refractivity (Wildman–Crippen MR) is 174 cm³/mol. The molecule has 10 nitrogen and oxygen atoms in total. The first kappa shape index (κ1) is 30.9. The van der Waals surface area contributed by atoms with E-state index < -0.39 is 4.92 Å². The fourth-order valence-electron chi connectivity index (χ4n) is 4.88. The molecule has 0 unspecified atom stereocenters. The van der Waals surface area contributed by atoms with E-state index in [0.717, 1.165) is 51.2 Å². The summed E-state index contributed by atoms with van der Waals surface area (Å²) in [6.45, 7) is 2.09. The number of benzene rings is 3. The summed E-state index contributed by atoms with van der Waals surface area (Å²) in [5, 5.41) is 25.8. The lowest BCUT2D eigenvalue weighted by atomic mass is 10.1. The number of aromatic nitrogens is 2. The zero-order chi connectivity index (χ0) is 31.8. The Kier molecular flexibility index (Phi) is 9.79. The summed E-state index contributed by atoms with van der Waals surface area (Å²) in [6, 6.07) is 31.8. The molecular formula is C34H28N6O4S. The van der Waals surface area contributed by atoms with Crippen LogP contribution in [0.5, 0.6) is 0 Å². The molecule has 1 amide bonds. The average molecular weight is 617 g/mol. The summed E-state index contributed by atoms with van der Waals surface area (Å²) in [4.78, 5) is 28.2. The van der Waals surface area contributed by atoms with Crippen LogP contribution in [0.2, 0.25) is 0 Å². The van der Waals surface area contributed by atoms with Crippen molar-refractivity contribution in [1.82, 2.24) is 15.0 Å². The lowest BCUT2D eigenvalue weighted by Crippen LogP contribution is -2.20. The summed E-state index contributed by atoms with van der Waals surface area (Å²) < 4.78 is 7.23. The molecule has 3 aromatic carbocycles. The normalized spacial score (nSPS) is 11.0. The van der Waals surface area contributed by atoms with Crippen LogP contribution in [-0.4, -0.2) is 39.5 Å². The smallest absolute Gasteiger partial charge is 0.269 e. The summed E-state index contributed by atoms with van der Waals surface area (Å²) in [6.07, 6.45) is 1.58. The first-order valence-electron chi connectivity index (χ1n) is 13.8. The van der Waals surface area contributed by atoms with E-state index in [1.54, 1.807) is 31.5 Å². The number of carbonyl (C=O) groups excluding carboxylic acids is 1. The summed E-state index contributed by atoms with van der Waals surface area (Å²) in [5.41, 5.74) is 9.32. The maximum absolute atomic E-state index is 12.8. The van der Waals surface area contributed by atoms with Crippen molar-refractivity contribution >= 4 is 29.6 Å². The molecule has 224 valence electrons. The van der Waals surface area contributed by atoms with Gasteiger partial charge in [-0.15, -0.1) is 0 Å². The molecule has 0 aliphatic rings. The third-order valence-corrected chi connectivity index (χ3v) is 7.78. The van der Waals surface area contributed by atoms with Crippen LogP contribution in [0.15, 0.2) is 107 Å². The van der Waals surface area contributed by atoms with E-state index in [4.69, 9.17) is 4.74 Å². The largest absolute Gasteiger partial charge is 0.380 e. The molecule has 0 atom stereocenters. The van der Waals surface area contributed by atoms with Gasteiger partial charge in [-0.2, -0.15) is 10.4 Å². The Morgan fingerprint density at radius 3 is 2.36 bits per heavy atom. The van der Waals surface area contributed by atoms with Crippen molar-refractivity contribution in [1.29, 1.82) is 5.26 Å². The number of hydrogen-bond acceptors (Lipinski definition) is 8. The van der Waals surface area contributed by atoms with Gasteiger partial charge in [-0.1, -0.05) is 72.4 Å². The van der Waals surface area contributed by atoms with Gasteiger partial charge in [-0.3, -0.25) is 14.9 Å². The molecule has 5 aromatic rings. The molecule has 0 saturated heterocycles. The average Bonchev–Trinajstić information content (AvgIpc) is 3.44. The molecule has 45 heavy (non-hydrogen) atoms. The number of nitro benzene ring substituents is 1. The van der Waals surface area contributed by atoms with E-state index in [9.17, 15) is 20.2 Å². The number of nitriles is 1.